The molecule has 2 fully saturated rings. The van der Waals surface area contributed by atoms with Crippen LogP contribution in [0.25, 0.3) is 0 Å². The maximum Gasteiger partial charge on any atom is 0.214 e. The first-order valence-corrected chi connectivity index (χ1v) is 15.0. The van der Waals surface area contributed by atoms with Gasteiger partial charge in [0.15, 0.2) is 0 Å². The molecule has 2 aliphatic heterocycles. The van der Waals surface area contributed by atoms with Gasteiger partial charge in [0.05, 0.1) is 12.2 Å². The maximum absolute atomic E-state index is 3.81. The first kappa shape index (κ1) is 28.0. The summed E-state index contributed by atoms with van der Waals surface area (Å²) < 4.78 is 0. The third kappa shape index (κ3) is 4.83. The van der Waals surface area contributed by atoms with Crippen molar-refractivity contribution >= 4 is 22.7 Å². The summed E-state index contributed by atoms with van der Waals surface area (Å²) >= 11 is 0. The molecule has 42 heavy (non-hydrogen) atoms. The molecule has 2 saturated heterocycles. The van der Waals surface area contributed by atoms with E-state index in [9.17, 15) is 0 Å². The molecule has 0 bridgehead atoms. The van der Waals surface area contributed by atoms with E-state index in [-0.39, 0.29) is 0 Å². The maximum atomic E-state index is 3.81. The third-order valence-electron chi connectivity index (χ3n) is 8.69. The van der Waals surface area contributed by atoms with Crippen LogP contribution in [-0.4, -0.2) is 19.6 Å². The van der Waals surface area contributed by atoms with Crippen LogP contribution in [0, 0.1) is 62.1 Å². The minimum Gasteiger partial charge on any atom is -0.335 e. The number of benzene rings is 4. The highest BCUT2D eigenvalue weighted by molar-refractivity contribution is 5.77. The van der Waals surface area contributed by atoms with Gasteiger partial charge in [0.1, 0.15) is 5.82 Å². The average molecular weight is 555 g/mol. The largest absolute Gasteiger partial charge is 0.335 e. The molecule has 4 heteroatoms. The van der Waals surface area contributed by atoms with Crippen molar-refractivity contribution in [3.8, 4) is 0 Å². The first-order valence-electron chi connectivity index (χ1n) is 15.0. The Morgan fingerprint density at radius 3 is 1.40 bits per heavy atom. The number of hydrogen-bond donors (Lipinski definition) is 0. The number of rotatable bonds is 4. The van der Waals surface area contributed by atoms with Gasteiger partial charge in [-0.05, 0) is 101 Å². The summed E-state index contributed by atoms with van der Waals surface area (Å²) in [7, 11) is 0. The van der Waals surface area contributed by atoms with Crippen molar-refractivity contribution in [2.24, 2.45) is 0 Å². The van der Waals surface area contributed by atoms with Crippen LogP contribution in [0.3, 0.4) is 0 Å². The van der Waals surface area contributed by atoms with E-state index in [0.717, 1.165) is 25.3 Å². The van der Waals surface area contributed by atoms with Crippen LogP contribution in [-0.2, 0) is 0 Å². The highest BCUT2D eigenvalue weighted by atomic mass is 15.5. The number of hydrogen-bond acceptors (Lipinski definition) is 4. The van der Waals surface area contributed by atoms with E-state index >= 15 is 0 Å². The molecular weight excluding hydrogens is 512 g/mol. The van der Waals surface area contributed by atoms with Gasteiger partial charge < -0.3 is 19.6 Å². The fraction of sp³-hybridized carbons (Fsp3) is 0.289. The molecule has 4 aromatic carbocycles. The van der Waals surface area contributed by atoms with Crippen LogP contribution in [0.15, 0.2) is 84.3 Å². The molecule has 0 saturated carbocycles. The molecule has 0 spiro atoms. The Morgan fingerprint density at radius 2 is 0.952 bits per heavy atom. The van der Waals surface area contributed by atoms with Gasteiger partial charge in [-0.1, -0.05) is 71.8 Å². The van der Waals surface area contributed by atoms with E-state index < -0.39 is 0 Å². The smallest absolute Gasteiger partial charge is 0.214 e. The zero-order valence-electron chi connectivity index (χ0n) is 26.3. The topological polar surface area (TPSA) is 13.0 Å². The lowest BCUT2D eigenvalue weighted by atomic mass is 10.0. The molecule has 0 amide bonds. The minimum absolute atomic E-state index is 0.732. The monoisotopic (exact) mass is 554 g/mol. The van der Waals surface area contributed by atoms with E-state index in [1.807, 2.05) is 0 Å². The van der Waals surface area contributed by atoms with Gasteiger partial charge in [0.25, 0.3) is 0 Å². The molecule has 2 heterocycles. The van der Waals surface area contributed by atoms with E-state index in [0.29, 0.717) is 0 Å². The molecule has 0 atom stereocenters. The quantitative estimate of drug-likeness (QED) is 0.250. The van der Waals surface area contributed by atoms with Crippen molar-refractivity contribution in [1.29, 1.82) is 0 Å². The molecule has 4 nitrogen and oxygen atoms in total. The molecule has 2 aliphatic rings. The molecule has 214 valence electrons. The Kier molecular flexibility index (Phi) is 7.26. The molecule has 0 unspecified atom stereocenters. The van der Waals surface area contributed by atoms with Crippen LogP contribution < -0.4 is 19.6 Å². The second kappa shape index (κ2) is 10.9. The van der Waals surface area contributed by atoms with E-state index in [4.69, 9.17) is 0 Å². The van der Waals surface area contributed by atoms with Crippen molar-refractivity contribution in [2.75, 3.05) is 39.2 Å². The Hall–Kier alpha value is -4.18. The Morgan fingerprint density at radius 1 is 0.524 bits per heavy atom. The van der Waals surface area contributed by atoms with Crippen LogP contribution in [0.2, 0.25) is 0 Å². The Bertz CT molecular complexity index is 1580. The van der Waals surface area contributed by atoms with Crippen LogP contribution >= 0.6 is 0 Å². The van der Waals surface area contributed by atoms with E-state index in [1.165, 1.54) is 73.1 Å². The normalized spacial score (nSPS) is 15.4. The summed E-state index contributed by atoms with van der Waals surface area (Å²) in [5.41, 5.74) is 16.6. The van der Waals surface area contributed by atoms with Gasteiger partial charge in [-0.25, -0.2) is 0 Å². The fourth-order valence-corrected chi connectivity index (χ4v) is 7.13. The van der Waals surface area contributed by atoms with Gasteiger partial charge in [-0.3, -0.25) is 0 Å². The van der Waals surface area contributed by atoms with Crippen molar-refractivity contribution in [3.63, 3.8) is 0 Å². The van der Waals surface area contributed by atoms with Gasteiger partial charge in [-0.15, -0.1) is 0 Å². The average Bonchev–Trinajstić information content (AvgIpc) is 3.53. The summed E-state index contributed by atoms with van der Waals surface area (Å²) in [5, 5.41) is 0. The molecule has 6 rings (SSSR count). The van der Waals surface area contributed by atoms with Crippen LogP contribution in [0.5, 0.6) is 0 Å². The molecular formula is C38H42N4. The summed E-state index contributed by atoms with van der Waals surface area (Å²) in [6.07, 6.45) is 0. The van der Waals surface area contributed by atoms with Gasteiger partial charge in [0.2, 0.25) is 6.67 Å². The van der Waals surface area contributed by atoms with Crippen molar-refractivity contribution < 1.29 is 0 Å². The van der Waals surface area contributed by atoms with Gasteiger partial charge >= 0.3 is 0 Å². The molecule has 2 radical (unpaired) electrons. The number of anilines is 4. The lowest BCUT2D eigenvalue weighted by Crippen LogP contribution is -2.31. The van der Waals surface area contributed by atoms with Crippen molar-refractivity contribution in [3.05, 3.63) is 135 Å². The summed E-state index contributed by atoms with van der Waals surface area (Å²) in [4.78, 5) is 9.77. The highest BCUT2D eigenvalue weighted by Gasteiger charge is 2.40. The summed E-state index contributed by atoms with van der Waals surface area (Å²) in [6, 6.07) is 26.6. The van der Waals surface area contributed by atoms with Gasteiger partial charge in [0, 0.05) is 35.8 Å². The third-order valence-corrected chi connectivity index (χ3v) is 8.69. The number of para-hydroxylation sites is 2. The summed E-state index contributed by atoms with van der Waals surface area (Å²) in [6.45, 7) is 24.2. The Labute approximate surface area is 252 Å². The zero-order valence-corrected chi connectivity index (χ0v) is 26.3. The first-order chi connectivity index (χ1) is 20.1. The molecule has 0 aromatic heterocycles. The van der Waals surface area contributed by atoms with Crippen LogP contribution in [0.1, 0.15) is 44.5 Å². The molecule has 0 N–H and O–H groups in total. The van der Waals surface area contributed by atoms with E-state index in [2.05, 4.69) is 154 Å². The highest BCUT2D eigenvalue weighted by Crippen LogP contribution is 2.44. The predicted molar refractivity (Wildman–Crippen MR) is 178 cm³/mol. The lowest BCUT2D eigenvalue weighted by molar-refractivity contribution is 0.981. The van der Waals surface area contributed by atoms with Crippen molar-refractivity contribution in [2.45, 2.75) is 55.4 Å². The second-order valence-electron chi connectivity index (χ2n) is 12.2. The molecule has 4 aromatic rings. The predicted octanol–water partition coefficient (Wildman–Crippen LogP) is 8.67. The SMILES string of the molecule is Cc1cc(C)c(N2CCN(c3c(C)cc(C)cc3C)C2=C2CN(c3ccccc3C)[C]N2c2ccccc2C)c(C)c1. The second-order valence-corrected chi connectivity index (χ2v) is 12.2. The van der Waals surface area contributed by atoms with E-state index in [1.54, 1.807) is 0 Å². The fourth-order valence-electron chi connectivity index (χ4n) is 7.13. The standard InChI is InChI=1S/C38H42N4/c1-25-19-29(5)36(30(6)20-25)40-17-18-41(37-31(7)21-26(2)22-32(37)8)38(40)35-23-39(33-15-11-9-13-27(33)3)24-42(35)34-16-12-10-14-28(34)4/h9-16,19-22H,17-18,23H2,1-8H3. The summed E-state index contributed by atoms with van der Waals surface area (Å²) in [5.74, 6) is 1.24. The Balaban J connectivity index is 1.62. The number of nitrogens with zero attached hydrogens (tertiary/aromatic N) is 4. The zero-order chi connectivity index (χ0) is 29.7. The molecule has 0 aliphatic carbocycles. The van der Waals surface area contributed by atoms with Gasteiger partial charge in [-0.2, -0.15) is 0 Å². The van der Waals surface area contributed by atoms with Crippen LogP contribution in [0.4, 0.5) is 22.7 Å². The lowest BCUT2D eigenvalue weighted by Gasteiger charge is -2.33. The van der Waals surface area contributed by atoms with Crippen molar-refractivity contribution in [1.82, 2.24) is 0 Å². The minimum atomic E-state index is 0.732. The number of aryl methyl sites for hydroxylation is 8.